The molecule has 0 bridgehead atoms. The van der Waals surface area contributed by atoms with E-state index in [1.807, 2.05) is 26.2 Å². The van der Waals surface area contributed by atoms with Crippen molar-refractivity contribution < 1.29 is 4.79 Å². The number of rotatable bonds is 2. The molecule has 0 amide bonds. The summed E-state index contributed by atoms with van der Waals surface area (Å²) in [5, 5.41) is 2.77. The average molecular weight is 169 g/mol. The van der Waals surface area contributed by atoms with Crippen LogP contribution in [0.2, 0.25) is 0 Å². The lowest BCUT2D eigenvalue weighted by atomic mass is 10.1. The monoisotopic (exact) mass is 169 g/mol. The van der Waals surface area contributed by atoms with Gasteiger partial charge in [0.1, 0.15) is 5.69 Å². The summed E-state index contributed by atoms with van der Waals surface area (Å²) in [7, 11) is 0. The molecule has 1 rings (SSSR count). The third-order valence-corrected chi connectivity index (χ3v) is 2.17. The molecule has 3 heteroatoms. The van der Waals surface area contributed by atoms with Gasteiger partial charge in [-0.2, -0.15) is 0 Å². The molecule has 1 aromatic heterocycles. The topological polar surface area (TPSA) is 30.0 Å². The van der Waals surface area contributed by atoms with Crippen LogP contribution in [-0.4, -0.2) is 10.8 Å². The summed E-state index contributed by atoms with van der Waals surface area (Å²) in [4.78, 5) is 15.4. The molecule has 0 atom stereocenters. The van der Waals surface area contributed by atoms with Crippen molar-refractivity contribution >= 4 is 17.1 Å². The number of nitrogens with zero attached hydrogens (tertiary/aromatic N) is 1. The predicted molar refractivity (Wildman–Crippen MR) is 46.0 cm³/mol. The molecule has 1 aromatic rings. The van der Waals surface area contributed by atoms with Crippen LogP contribution in [0.15, 0.2) is 5.38 Å². The van der Waals surface area contributed by atoms with Crippen LogP contribution in [-0.2, 0) is 0 Å². The third kappa shape index (κ3) is 1.87. The molecule has 0 aromatic carbocycles. The number of hydrogen-bond acceptors (Lipinski definition) is 3. The Kier molecular flexibility index (Phi) is 2.39. The number of carbonyl (C=O) groups is 1. The smallest absolute Gasteiger partial charge is 0.184 e. The second-order valence-electron chi connectivity index (χ2n) is 2.77. The fraction of sp³-hybridized carbons (Fsp3) is 0.500. The standard InChI is InChI=1S/C8H11NOS/c1-5(2)8(10)7-4-11-6(3)9-7/h4-5H,1-3H3. The van der Waals surface area contributed by atoms with Gasteiger partial charge in [-0.25, -0.2) is 4.98 Å². The summed E-state index contributed by atoms with van der Waals surface area (Å²) >= 11 is 1.52. The predicted octanol–water partition coefficient (Wildman–Crippen LogP) is 2.29. The van der Waals surface area contributed by atoms with Crippen molar-refractivity contribution in [3.05, 3.63) is 16.1 Å². The number of aromatic nitrogens is 1. The lowest BCUT2D eigenvalue weighted by Crippen LogP contribution is -2.07. The van der Waals surface area contributed by atoms with Crippen LogP contribution in [0.5, 0.6) is 0 Å². The van der Waals surface area contributed by atoms with Gasteiger partial charge in [-0.3, -0.25) is 4.79 Å². The highest BCUT2D eigenvalue weighted by Gasteiger charge is 2.12. The maximum absolute atomic E-state index is 11.3. The number of thiazole rings is 1. The van der Waals surface area contributed by atoms with Gasteiger partial charge in [-0.1, -0.05) is 13.8 Å². The van der Waals surface area contributed by atoms with Gasteiger partial charge in [0.15, 0.2) is 5.78 Å². The van der Waals surface area contributed by atoms with E-state index in [2.05, 4.69) is 4.98 Å². The van der Waals surface area contributed by atoms with E-state index >= 15 is 0 Å². The summed E-state index contributed by atoms with van der Waals surface area (Å²) < 4.78 is 0. The minimum atomic E-state index is 0.0523. The Hall–Kier alpha value is -0.700. The van der Waals surface area contributed by atoms with E-state index in [1.165, 1.54) is 11.3 Å². The van der Waals surface area contributed by atoms with Crippen molar-refractivity contribution in [2.75, 3.05) is 0 Å². The lowest BCUT2D eigenvalue weighted by Gasteiger charge is -1.97. The largest absolute Gasteiger partial charge is 0.292 e. The van der Waals surface area contributed by atoms with Gasteiger partial charge in [0.05, 0.1) is 5.01 Å². The Morgan fingerprint density at radius 2 is 2.27 bits per heavy atom. The van der Waals surface area contributed by atoms with Gasteiger partial charge in [-0.15, -0.1) is 11.3 Å². The van der Waals surface area contributed by atoms with E-state index < -0.39 is 0 Å². The van der Waals surface area contributed by atoms with Gasteiger partial charge in [0.25, 0.3) is 0 Å². The lowest BCUT2D eigenvalue weighted by molar-refractivity contribution is 0.0935. The first-order valence-electron chi connectivity index (χ1n) is 3.57. The molecule has 0 aliphatic heterocycles. The van der Waals surface area contributed by atoms with E-state index in [1.54, 1.807) is 0 Å². The molecule has 0 aliphatic rings. The third-order valence-electron chi connectivity index (χ3n) is 1.40. The number of hydrogen-bond donors (Lipinski definition) is 0. The van der Waals surface area contributed by atoms with Gasteiger partial charge in [0, 0.05) is 11.3 Å². The molecule has 11 heavy (non-hydrogen) atoms. The van der Waals surface area contributed by atoms with Crippen LogP contribution in [0.1, 0.15) is 29.3 Å². The molecule has 0 radical (unpaired) electrons. The molecule has 0 N–H and O–H groups in total. The fourth-order valence-electron chi connectivity index (χ4n) is 0.772. The normalized spacial score (nSPS) is 10.5. The van der Waals surface area contributed by atoms with Crippen molar-refractivity contribution in [3.63, 3.8) is 0 Å². The fourth-order valence-corrected chi connectivity index (χ4v) is 1.37. The Bertz CT molecular complexity index is 265. The van der Waals surface area contributed by atoms with Crippen LogP contribution >= 0.6 is 11.3 Å². The molecule has 60 valence electrons. The quantitative estimate of drug-likeness (QED) is 0.636. The average Bonchev–Trinajstić information content (AvgIpc) is 2.34. The van der Waals surface area contributed by atoms with Crippen LogP contribution < -0.4 is 0 Å². The molecule has 0 saturated heterocycles. The van der Waals surface area contributed by atoms with Crippen molar-refractivity contribution in [1.29, 1.82) is 0 Å². The Morgan fingerprint density at radius 3 is 2.64 bits per heavy atom. The molecule has 2 nitrogen and oxygen atoms in total. The molecule has 0 spiro atoms. The zero-order valence-electron chi connectivity index (χ0n) is 6.92. The van der Waals surface area contributed by atoms with E-state index in [0.29, 0.717) is 5.69 Å². The molecule has 0 unspecified atom stereocenters. The number of Topliss-reactive ketones (excluding diaryl/α,β-unsaturated/α-hetero) is 1. The van der Waals surface area contributed by atoms with Crippen molar-refractivity contribution in [1.82, 2.24) is 4.98 Å². The molecule has 0 fully saturated rings. The first-order valence-corrected chi connectivity index (χ1v) is 4.45. The summed E-state index contributed by atoms with van der Waals surface area (Å²) in [6.07, 6.45) is 0. The Balaban J connectivity index is 2.85. The molecular formula is C8H11NOS. The second-order valence-corrected chi connectivity index (χ2v) is 3.83. The second kappa shape index (κ2) is 3.13. The highest BCUT2D eigenvalue weighted by Crippen LogP contribution is 2.11. The van der Waals surface area contributed by atoms with Gasteiger partial charge < -0.3 is 0 Å². The summed E-state index contributed by atoms with van der Waals surface area (Å²) in [6.45, 7) is 5.68. The zero-order chi connectivity index (χ0) is 8.43. The zero-order valence-corrected chi connectivity index (χ0v) is 7.73. The Labute approximate surface area is 70.3 Å². The van der Waals surface area contributed by atoms with E-state index in [9.17, 15) is 4.79 Å². The van der Waals surface area contributed by atoms with E-state index in [4.69, 9.17) is 0 Å². The van der Waals surface area contributed by atoms with E-state index in [-0.39, 0.29) is 11.7 Å². The first-order chi connectivity index (χ1) is 5.11. The van der Waals surface area contributed by atoms with Crippen LogP contribution in [0.4, 0.5) is 0 Å². The first kappa shape index (κ1) is 8.40. The number of ketones is 1. The minimum absolute atomic E-state index is 0.0523. The summed E-state index contributed by atoms with van der Waals surface area (Å²) in [6, 6.07) is 0. The highest BCUT2D eigenvalue weighted by atomic mass is 32.1. The molecular weight excluding hydrogens is 158 g/mol. The number of aryl methyl sites for hydroxylation is 1. The summed E-state index contributed by atoms with van der Waals surface area (Å²) in [5.74, 6) is 0.186. The maximum atomic E-state index is 11.3. The van der Waals surface area contributed by atoms with Crippen molar-refractivity contribution in [2.45, 2.75) is 20.8 Å². The Morgan fingerprint density at radius 1 is 1.64 bits per heavy atom. The van der Waals surface area contributed by atoms with Crippen LogP contribution in [0.3, 0.4) is 0 Å². The van der Waals surface area contributed by atoms with Crippen LogP contribution in [0, 0.1) is 12.8 Å². The van der Waals surface area contributed by atoms with E-state index in [0.717, 1.165) is 5.01 Å². The molecule has 1 heterocycles. The summed E-state index contributed by atoms with van der Waals surface area (Å²) in [5.41, 5.74) is 0.613. The van der Waals surface area contributed by atoms with Gasteiger partial charge in [-0.05, 0) is 6.92 Å². The minimum Gasteiger partial charge on any atom is -0.292 e. The SMILES string of the molecule is Cc1nc(C(=O)C(C)C)cs1. The maximum Gasteiger partial charge on any atom is 0.184 e. The number of carbonyl (C=O) groups excluding carboxylic acids is 1. The van der Waals surface area contributed by atoms with Crippen LogP contribution in [0.25, 0.3) is 0 Å². The van der Waals surface area contributed by atoms with Crippen molar-refractivity contribution in [3.8, 4) is 0 Å². The molecule has 0 saturated carbocycles. The van der Waals surface area contributed by atoms with Gasteiger partial charge >= 0.3 is 0 Å². The van der Waals surface area contributed by atoms with Gasteiger partial charge in [0.2, 0.25) is 0 Å². The molecule has 0 aliphatic carbocycles. The van der Waals surface area contributed by atoms with Crippen molar-refractivity contribution in [2.24, 2.45) is 5.92 Å². The highest BCUT2D eigenvalue weighted by molar-refractivity contribution is 7.09.